The van der Waals surface area contributed by atoms with Crippen LogP contribution in [0.5, 0.6) is 0 Å². The highest BCUT2D eigenvalue weighted by atomic mass is 16.2. The predicted molar refractivity (Wildman–Crippen MR) is 84.8 cm³/mol. The van der Waals surface area contributed by atoms with Crippen molar-refractivity contribution in [3.8, 4) is 0 Å². The fourth-order valence-electron chi connectivity index (χ4n) is 2.79. The number of carbonyl (C=O) groups is 1. The summed E-state index contributed by atoms with van der Waals surface area (Å²) < 4.78 is 1.97. The molecule has 116 valence electrons. The molecule has 6 heteroatoms. The lowest BCUT2D eigenvalue weighted by Gasteiger charge is -2.32. The SMILES string of the molecule is Cc1cnn([C@H]2CCCN(C(=O)Nc3cccc(C)n3)C2)c1. The maximum Gasteiger partial charge on any atom is 0.323 e. The first kappa shape index (κ1) is 14.6. The number of aromatic nitrogens is 3. The second kappa shape index (κ2) is 6.17. The Balaban J connectivity index is 1.65. The van der Waals surface area contributed by atoms with Crippen LogP contribution in [-0.2, 0) is 0 Å². The molecule has 1 aliphatic heterocycles. The molecule has 1 aliphatic rings. The molecule has 2 amide bonds. The molecule has 0 aliphatic carbocycles. The van der Waals surface area contributed by atoms with Gasteiger partial charge in [-0.2, -0.15) is 5.10 Å². The van der Waals surface area contributed by atoms with Crippen molar-refractivity contribution in [2.24, 2.45) is 0 Å². The van der Waals surface area contributed by atoms with Crippen molar-refractivity contribution >= 4 is 11.8 Å². The highest BCUT2D eigenvalue weighted by Gasteiger charge is 2.25. The second-order valence-electron chi connectivity index (χ2n) is 5.83. The van der Waals surface area contributed by atoms with Crippen LogP contribution in [-0.4, -0.2) is 38.8 Å². The van der Waals surface area contributed by atoms with Crippen molar-refractivity contribution < 1.29 is 4.79 Å². The number of carbonyl (C=O) groups excluding carboxylic acids is 1. The molecule has 1 saturated heterocycles. The molecule has 0 spiro atoms. The van der Waals surface area contributed by atoms with Gasteiger partial charge in [-0.3, -0.25) is 10.00 Å². The minimum Gasteiger partial charge on any atom is -0.322 e. The number of nitrogens with zero attached hydrogens (tertiary/aromatic N) is 4. The van der Waals surface area contributed by atoms with E-state index in [1.807, 2.05) is 54.0 Å². The van der Waals surface area contributed by atoms with E-state index < -0.39 is 0 Å². The quantitative estimate of drug-likeness (QED) is 0.927. The normalized spacial score (nSPS) is 18.3. The number of pyridine rings is 1. The zero-order valence-electron chi connectivity index (χ0n) is 13.0. The number of anilines is 1. The average molecular weight is 299 g/mol. The zero-order valence-corrected chi connectivity index (χ0v) is 13.0. The number of amides is 2. The third kappa shape index (κ3) is 3.27. The fourth-order valence-corrected chi connectivity index (χ4v) is 2.79. The summed E-state index contributed by atoms with van der Waals surface area (Å²) in [6, 6.07) is 5.77. The summed E-state index contributed by atoms with van der Waals surface area (Å²) in [5.41, 5.74) is 2.03. The molecule has 6 nitrogen and oxygen atoms in total. The van der Waals surface area contributed by atoms with E-state index in [-0.39, 0.29) is 12.1 Å². The van der Waals surface area contributed by atoms with Gasteiger partial charge in [0.25, 0.3) is 0 Å². The summed E-state index contributed by atoms with van der Waals surface area (Å²) in [6.07, 6.45) is 5.93. The van der Waals surface area contributed by atoms with E-state index >= 15 is 0 Å². The third-order valence-corrected chi connectivity index (χ3v) is 3.91. The molecule has 1 N–H and O–H groups in total. The molecule has 0 aromatic carbocycles. The highest BCUT2D eigenvalue weighted by Crippen LogP contribution is 2.21. The Morgan fingerprint density at radius 2 is 2.23 bits per heavy atom. The molecule has 1 atom stereocenters. The van der Waals surface area contributed by atoms with Crippen LogP contribution in [0.3, 0.4) is 0 Å². The summed E-state index contributed by atoms with van der Waals surface area (Å²) in [7, 11) is 0. The van der Waals surface area contributed by atoms with Gasteiger partial charge in [-0.05, 0) is 44.4 Å². The van der Waals surface area contributed by atoms with Crippen LogP contribution in [0.15, 0.2) is 30.6 Å². The molecule has 3 rings (SSSR count). The first-order valence-electron chi connectivity index (χ1n) is 7.62. The third-order valence-electron chi connectivity index (χ3n) is 3.91. The maximum absolute atomic E-state index is 12.4. The first-order chi connectivity index (χ1) is 10.6. The van der Waals surface area contributed by atoms with Crippen LogP contribution in [0.25, 0.3) is 0 Å². The Hall–Kier alpha value is -2.37. The van der Waals surface area contributed by atoms with Gasteiger partial charge in [-0.1, -0.05) is 6.07 Å². The smallest absolute Gasteiger partial charge is 0.322 e. The van der Waals surface area contributed by atoms with Crippen molar-refractivity contribution in [2.75, 3.05) is 18.4 Å². The van der Waals surface area contributed by atoms with Crippen LogP contribution < -0.4 is 5.32 Å². The van der Waals surface area contributed by atoms with E-state index in [1.54, 1.807) is 0 Å². The van der Waals surface area contributed by atoms with E-state index in [4.69, 9.17) is 0 Å². The Kier molecular flexibility index (Phi) is 4.09. The van der Waals surface area contributed by atoms with Crippen molar-refractivity contribution in [1.82, 2.24) is 19.7 Å². The van der Waals surface area contributed by atoms with Gasteiger partial charge in [-0.15, -0.1) is 0 Å². The molecule has 1 fully saturated rings. The van der Waals surface area contributed by atoms with Gasteiger partial charge in [0.1, 0.15) is 5.82 Å². The number of rotatable bonds is 2. The Morgan fingerprint density at radius 1 is 1.36 bits per heavy atom. The molecule has 2 aromatic rings. The van der Waals surface area contributed by atoms with Crippen LogP contribution in [0.2, 0.25) is 0 Å². The Morgan fingerprint density at radius 3 is 2.95 bits per heavy atom. The van der Waals surface area contributed by atoms with Crippen LogP contribution in [0.4, 0.5) is 10.6 Å². The summed E-state index contributed by atoms with van der Waals surface area (Å²) in [4.78, 5) is 18.6. The zero-order chi connectivity index (χ0) is 15.5. The minimum atomic E-state index is -0.0910. The van der Waals surface area contributed by atoms with E-state index in [0.29, 0.717) is 12.4 Å². The minimum absolute atomic E-state index is 0.0910. The molecular weight excluding hydrogens is 278 g/mol. The van der Waals surface area contributed by atoms with E-state index in [0.717, 1.165) is 30.6 Å². The number of hydrogen-bond donors (Lipinski definition) is 1. The van der Waals surface area contributed by atoms with Gasteiger partial charge in [0.15, 0.2) is 0 Å². The van der Waals surface area contributed by atoms with Crippen molar-refractivity contribution in [1.29, 1.82) is 0 Å². The van der Waals surface area contributed by atoms with Gasteiger partial charge in [0, 0.05) is 25.0 Å². The second-order valence-corrected chi connectivity index (χ2v) is 5.83. The lowest BCUT2D eigenvalue weighted by Crippen LogP contribution is -2.43. The van der Waals surface area contributed by atoms with Crippen molar-refractivity contribution in [3.63, 3.8) is 0 Å². The number of aryl methyl sites for hydroxylation is 2. The summed E-state index contributed by atoms with van der Waals surface area (Å²) >= 11 is 0. The summed E-state index contributed by atoms with van der Waals surface area (Å²) in [5.74, 6) is 0.599. The summed E-state index contributed by atoms with van der Waals surface area (Å²) in [5, 5.41) is 7.25. The van der Waals surface area contributed by atoms with Gasteiger partial charge in [-0.25, -0.2) is 9.78 Å². The largest absolute Gasteiger partial charge is 0.323 e. The van der Waals surface area contributed by atoms with Crippen LogP contribution in [0, 0.1) is 13.8 Å². The first-order valence-corrected chi connectivity index (χ1v) is 7.62. The molecule has 3 heterocycles. The van der Waals surface area contributed by atoms with E-state index in [9.17, 15) is 4.79 Å². The fraction of sp³-hybridized carbons (Fsp3) is 0.438. The number of nitrogens with one attached hydrogen (secondary N) is 1. The lowest BCUT2D eigenvalue weighted by molar-refractivity contribution is 0.174. The van der Waals surface area contributed by atoms with Crippen LogP contribution in [0.1, 0.15) is 30.1 Å². The number of piperidine rings is 1. The molecule has 0 saturated carbocycles. The highest BCUT2D eigenvalue weighted by molar-refractivity contribution is 5.88. The lowest BCUT2D eigenvalue weighted by atomic mass is 10.1. The molecule has 2 aromatic heterocycles. The molecule has 22 heavy (non-hydrogen) atoms. The Labute approximate surface area is 130 Å². The Bertz CT molecular complexity index is 666. The number of urea groups is 1. The standard InChI is InChI=1S/C16H21N5O/c1-12-9-17-21(10-12)14-6-4-8-20(11-14)16(22)19-15-7-3-5-13(2)18-15/h3,5,7,9-10,14H,4,6,8,11H2,1-2H3,(H,18,19,22)/t14-/m0/s1. The molecule has 0 unspecified atom stereocenters. The van der Waals surface area contributed by atoms with E-state index in [1.165, 1.54) is 0 Å². The van der Waals surface area contributed by atoms with Gasteiger partial charge >= 0.3 is 6.03 Å². The predicted octanol–water partition coefficient (Wildman–Crippen LogP) is 2.76. The average Bonchev–Trinajstić information content (AvgIpc) is 2.94. The van der Waals surface area contributed by atoms with Gasteiger partial charge in [0.05, 0.1) is 12.2 Å². The van der Waals surface area contributed by atoms with E-state index in [2.05, 4.69) is 15.4 Å². The number of likely N-dealkylation sites (tertiary alicyclic amines) is 1. The topological polar surface area (TPSA) is 63.1 Å². The molecular formula is C16H21N5O. The maximum atomic E-state index is 12.4. The monoisotopic (exact) mass is 299 g/mol. The summed E-state index contributed by atoms with van der Waals surface area (Å²) in [6.45, 7) is 5.39. The number of hydrogen-bond acceptors (Lipinski definition) is 3. The van der Waals surface area contributed by atoms with Crippen LogP contribution >= 0.6 is 0 Å². The van der Waals surface area contributed by atoms with Crippen molar-refractivity contribution in [2.45, 2.75) is 32.7 Å². The van der Waals surface area contributed by atoms with Gasteiger partial charge in [0.2, 0.25) is 0 Å². The molecule has 0 radical (unpaired) electrons. The van der Waals surface area contributed by atoms with Crippen molar-refractivity contribution in [3.05, 3.63) is 41.9 Å². The van der Waals surface area contributed by atoms with Gasteiger partial charge < -0.3 is 4.90 Å². The molecule has 0 bridgehead atoms.